The van der Waals surface area contributed by atoms with Crippen LogP contribution in [-0.4, -0.2) is 25.1 Å². The normalized spacial score (nSPS) is 11.8. The third-order valence-corrected chi connectivity index (χ3v) is 5.88. The molecule has 0 unspecified atom stereocenters. The highest BCUT2D eigenvalue weighted by Gasteiger charge is 2.20. The molecule has 0 bridgehead atoms. The van der Waals surface area contributed by atoms with Crippen molar-refractivity contribution in [1.82, 2.24) is 14.3 Å². The Morgan fingerprint density at radius 2 is 2.00 bits per heavy atom. The van der Waals surface area contributed by atoms with Crippen LogP contribution in [0.5, 0.6) is 5.75 Å². The van der Waals surface area contributed by atoms with Crippen LogP contribution in [0.25, 0.3) is 11.0 Å². The molecule has 1 heterocycles. The molecule has 1 aromatic heterocycles. The highest BCUT2D eigenvalue weighted by molar-refractivity contribution is 7.89. The van der Waals surface area contributed by atoms with E-state index in [0.717, 1.165) is 11.0 Å². The number of nitrogens with zero attached hydrogens (tertiary/aromatic N) is 2. The molecule has 0 spiro atoms. The number of imidazole rings is 1. The fourth-order valence-electron chi connectivity index (χ4n) is 2.67. The Bertz CT molecular complexity index is 1040. The molecule has 0 saturated heterocycles. The summed E-state index contributed by atoms with van der Waals surface area (Å²) >= 11 is 6.07. The summed E-state index contributed by atoms with van der Waals surface area (Å²) in [7, 11) is -0.394. The number of ether oxygens (including phenoxy) is 1. The molecule has 0 amide bonds. The van der Waals surface area contributed by atoms with E-state index >= 15 is 0 Å². The number of halogens is 1. The highest BCUT2D eigenvalue weighted by Crippen LogP contribution is 2.30. The van der Waals surface area contributed by atoms with E-state index in [4.69, 9.17) is 16.3 Å². The van der Waals surface area contributed by atoms with E-state index in [1.54, 1.807) is 13.0 Å². The molecule has 0 radical (unpaired) electrons. The predicted molar refractivity (Wildman–Crippen MR) is 97.5 cm³/mol. The molecule has 6 nitrogen and oxygen atoms in total. The molecule has 3 aromatic rings. The quantitative estimate of drug-likeness (QED) is 0.739. The van der Waals surface area contributed by atoms with Crippen molar-refractivity contribution >= 4 is 32.7 Å². The van der Waals surface area contributed by atoms with E-state index in [9.17, 15) is 8.42 Å². The maximum atomic E-state index is 12.7. The van der Waals surface area contributed by atoms with Gasteiger partial charge in [0.25, 0.3) is 0 Å². The van der Waals surface area contributed by atoms with Gasteiger partial charge in [0.15, 0.2) is 0 Å². The lowest BCUT2D eigenvalue weighted by molar-refractivity contribution is 0.414. The van der Waals surface area contributed by atoms with Crippen molar-refractivity contribution in [1.29, 1.82) is 0 Å². The van der Waals surface area contributed by atoms with Crippen molar-refractivity contribution in [3.05, 3.63) is 52.8 Å². The van der Waals surface area contributed by atoms with Crippen LogP contribution < -0.4 is 9.46 Å². The van der Waals surface area contributed by atoms with Crippen molar-refractivity contribution in [3.63, 3.8) is 0 Å². The number of fused-ring (bicyclic) bond motifs is 1. The Morgan fingerprint density at radius 3 is 2.68 bits per heavy atom. The SMILES string of the molecule is COc1cc(C)c(S(=O)(=O)NCc2nc3ccccc3n2C)cc1Cl. The average molecular weight is 380 g/mol. The molecular weight excluding hydrogens is 362 g/mol. The molecule has 0 atom stereocenters. The standard InChI is InChI=1S/C17H18ClN3O3S/c1-11-8-15(24-3)12(18)9-16(11)25(22,23)19-10-17-20-13-6-4-5-7-14(13)21(17)2/h4-9,19H,10H2,1-3H3. The molecule has 132 valence electrons. The van der Waals surface area contributed by atoms with Gasteiger partial charge in [-0.3, -0.25) is 0 Å². The number of aromatic nitrogens is 2. The number of aryl methyl sites for hydroxylation is 2. The molecule has 0 fully saturated rings. The van der Waals surface area contributed by atoms with E-state index in [-0.39, 0.29) is 16.5 Å². The van der Waals surface area contributed by atoms with E-state index in [2.05, 4.69) is 9.71 Å². The first-order valence-electron chi connectivity index (χ1n) is 7.57. The van der Waals surface area contributed by atoms with Crippen LogP contribution in [-0.2, 0) is 23.6 Å². The van der Waals surface area contributed by atoms with Gasteiger partial charge in [-0.15, -0.1) is 0 Å². The number of methoxy groups -OCH3 is 1. The van der Waals surface area contributed by atoms with Crippen LogP contribution in [0.4, 0.5) is 0 Å². The van der Waals surface area contributed by atoms with Gasteiger partial charge in [-0.2, -0.15) is 0 Å². The molecule has 25 heavy (non-hydrogen) atoms. The third kappa shape index (κ3) is 3.35. The molecule has 0 aliphatic carbocycles. The van der Waals surface area contributed by atoms with Gasteiger partial charge in [-0.1, -0.05) is 23.7 Å². The lowest BCUT2D eigenvalue weighted by Gasteiger charge is -2.12. The molecular formula is C17H18ClN3O3S. The summed E-state index contributed by atoms with van der Waals surface area (Å²) in [6.45, 7) is 1.78. The topological polar surface area (TPSA) is 73.2 Å². The Hall–Kier alpha value is -2.09. The first kappa shape index (κ1) is 17.7. The summed E-state index contributed by atoms with van der Waals surface area (Å²) in [5.41, 5.74) is 2.32. The summed E-state index contributed by atoms with van der Waals surface area (Å²) in [6.07, 6.45) is 0. The van der Waals surface area contributed by atoms with Crippen molar-refractivity contribution in [2.24, 2.45) is 7.05 Å². The number of hydrogen-bond donors (Lipinski definition) is 1. The first-order valence-corrected chi connectivity index (χ1v) is 9.43. The van der Waals surface area contributed by atoms with Gasteiger partial charge in [-0.05, 0) is 36.8 Å². The lowest BCUT2D eigenvalue weighted by Crippen LogP contribution is -2.25. The number of rotatable bonds is 5. The minimum atomic E-state index is -3.73. The van der Waals surface area contributed by atoms with Crippen LogP contribution >= 0.6 is 11.6 Å². The van der Waals surface area contributed by atoms with Gasteiger partial charge in [-0.25, -0.2) is 18.1 Å². The first-order chi connectivity index (χ1) is 11.8. The molecule has 0 aliphatic heterocycles. The van der Waals surface area contributed by atoms with Gasteiger partial charge in [0.1, 0.15) is 11.6 Å². The molecule has 2 aromatic carbocycles. The second-order valence-corrected chi connectivity index (χ2v) is 7.80. The molecule has 1 N–H and O–H groups in total. The van der Waals surface area contributed by atoms with Crippen LogP contribution in [0.2, 0.25) is 5.02 Å². The van der Waals surface area contributed by atoms with Gasteiger partial charge in [0.2, 0.25) is 10.0 Å². The summed E-state index contributed by atoms with van der Waals surface area (Å²) in [4.78, 5) is 4.59. The highest BCUT2D eigenvalue weighted by atomic mass is 35.5. The summed E-state index contributed by atoms with van der Waals surface area (Å²) < 4.78 is 34.9. The van der Waals surface area contributed by atoms with E-state index in [1.165, 1.54) is 13.2 Å². The Kier molecular flexibility index (Phi) is 4.73. The fraction of sp³-hybridized carbons (Fsp3) is 0.235. The maximum Gasteiger partial charge on any atom is 0.241 e. The van der Waals surface area contributed by atoms with E-state index in [1.807, 2.05) is 35.9 Å². The predicted octanol–water partition coefficient (Wildman–Crippen LogP) is 3.02. The molecule has 0 aliphatic rings. The minimum Gasteiger partial charge on any atom is -0.495 e. The van der Waals surface area contributed by atoms with Crippen molar-refractivity contribution in [2.45, 2.75) is 18.4 Å². The average Bonchev–Trinajstić information content (AvgIpc) is 2.91. The lowest BCUT2D eigenvalue weighted by atomic mass is 10.2. The summed E-state index contributed by atoms with van der Waals surface area (Å²) in [6, 6.07) is 10.6. The van der Waals surface area contributed by atoms with E-state index < -0.39 is 10.0 Å². The number of sulfonamides is 1. The zero-order valence-electron chi connectivity index (χ0n) is 14.1. The second-order valence-electron chi connectivity index (χ2n) is 5.65. The Labute approximate surface area is 151 Å². The zero-order valence-corrected chi connectivity index (χ0v) is 15.6. The summed E-state index contributed by atoms with van der Waals surface area (Å²) in [5, 5.41) is 0.246. The van der Waals surface area contributed by atoms with Crippen LogP contribution in [0.1, 0.15) is 11.4 Å². The second kappa shape index (κ2) is 6.67. The van der Waals surface area contributed by atoms with E-state index in [0.29, 0.717) is 17.1 Å². The Morgan fingerprint density at radius 1 is 1.28 bits per heavy atom. The zero-order chi connectivity index (χ0) is 18.2. The summed E-state index contributed by atoms with van der Waals surface area (Å²) in [5.74, 6) is 1.07. The number of benzene rings is 2. The van der Waals surface area contributed by atoms with Crippen molar-refractivity contribution < 1.29 is 13.2 Å². The van der Waals surface area contributed by atoms with Gasteiger partial charge in [0, 0.05) is 7.05 Å². The van der Waals surface area contributed by atoms with Gasteiger partial charge >= 0.3 is 0 Å². The number of para-hydroxylation sites is 2. The smallest absolute Gasteiger partial charge is 0.241 e. The Balaban J connectivity index is 1.89. The number of hydrogen-bond acceptors (Lipinski definition) is 4. The largest absolute Gasteiger partial charge is 0.495 e. The molecule has 3 rings (SSSR count). The molecule has 0 saturated carbocycles. The fourth-order valence-corrected chi connectivity index (χ4v) is 4.21. The monoisotopic (exact) mass is 379 g/mol. The van der Waals surface area contributed by atoms with Gasteiger partial charge in [0.05, 0.1) is 34.6 Å². The van der Waals surface area contributed by atoms with Crippen molar-refractivity contribution in [2.75, 3.05) is 7.11 Å². The van der Waals surface area contributed by atoms with Gasteiger partial charge < -0.3 is 9.30 Å². The van der Waals surface area contributed by atoms with Crippen LogP contribution in [0, 0.1) is 6.92 Å². The third-order valence-electron chi connectivity index (χ3n) is 4.04. The number of nitrogens with one attached hydrogen (secondary N) is 1. The van der Waals surface area contributed by atoms with Crippen molar-refractivity contribution in [3.8, 4) is 5.75 Å². The van der Waals surface area contributed by atoms with Crippen LogP contribution in [0.3, 0.4) is 0 Å². The molecule has 8 heteroatoms. The minimum absolute atomic E-state index is 0.0800. The van der Waals surface area contributed by atoms with Crippen LogP contribution in [0.15, 0.2) is 41.3 Å². The maximum absolute atomic E-state index is 12.7.